The number of carbonyl (C=O) groups excluding carboxylic acids is 1. The molecule has 1 aliphatic carbocycles. The van der Waals surface area contributed by atoms with Crippen molar-refractivity contribution in [1.29, 1.82) is 0 Å². The van der Waals surface area contributed by atoms with E-state index >= 15 is 0 Å². The third-order valence-corrected chi connectivity index (χ3v) is 7.49. The molecule has 3 aromatic rings. The molecule has 0 spiro atoms. The molecule has 11 heteroatoms. The first-order valence-electron chi connectivity index (χ1n) is 12.9. The molecule has 4 heterocycles. The van der Waals surface area contributed by atoms with Gasteiger partial charge in [0.05, 0.1) is 30.7 Å². The number of benzene rings is 1. The fraction of sp³-hybridized carbons (Fsp3) is 0.500. The van der Waals surface area contributed by atoms with Crippen molar-refractivity contribution in [2.45, 2.75) is 50.6 Å². The van der Waals surface area contributed by atoms with Crippen LogP contribution < -0.4 is 10.2 Å². The number of nitrogens with one attached hydrogen (secondary N) is 1. The van der Waals surface area contributed by atoms with E-state index in [2.05, 4.69) is 15.2 Å². The number of anilines is 2. The molecule has 195 valence electrons. The Bertz CT molecular complexity index is 1270. The summed E-state index contributed by atoms with van der Waals surface area (Å²) < 4.78 is 35.1. The Kier molecular flexibility index (Phi) is 6.62. The number of fused-ring (bicyclic) bond motifs is 1. The minimum atomic E-state index is -2.76. The van der Waals surface area contributed by atoms with Crippen molar-refractivity contribution in [3.63, 3.8) is 0 Å². The SMILES string of the molecule is O=C1[CH]CCN1[C@H]1CC[C@H](Nc2nc(N3CCOCC3)cc(-n3c(C(F)F)nc4ccccc43)n2)CC1. The standard InChI is InChI=1S/C26H30F2N7O2/c27-24(28)25-30-19-4-1-2-5-20(19)35(25)22-16-21(33-12-14-37-15-13-33)31-26(32-22)29-17-7-9-18(10-8-17)34-11-3-6-23(34)36/h1-2,4-6,16-18,24H,3,7-15H2,(H,29,31,32)/t17-,18-. The molecule has 2 saturated heterocycles. The number of morpholine rings is 1. The topological polar surface area (TPSA) is 88.4 Å². The summed E-state index contributed by atoms with van der Waals surface area (Å²) in [7, 11) is 0. The summed E-state index contributed by atoms with van der Waals surface area (Å²) in [5.41, 5.74) is 1.06. The van der Waals surface area contributed by atoms with Gasteiger partial charge < -0.3 is 19.9 Å². The maximum absolute atomic E-state index is 14.1. The molecular weight excluding hydrogens is 480 g/mol. The van der Waals surface area contributed by atoms with Gasteiger partial charge in [-0.25, -0.2) is 13.8 Å². The van der Waals surface area contributed by atoms with Gasteiger partial charge in [0.2, 0.25) is 11.9 Å². The van der Waals surface area contributed by atoms with E-state index in [1.807, 2.05) is 4.90 Å². The van der Waals surface area contributed by atoms with Crippen LogP contribution in [0, 0.1) is 6.42 Å². The lowest BCUT2D eigenvalue weighted by Crippen LogP contribution is -2.41. The molecule has 2 aliphatic heterocycles. The first-order valence-corrected chi connectivity index (χ1v) is 12.9. The van der Waals surface area contributed by atoms with Gasteiger partial charge in [-0.2, -0.15) is 9.97 Å². The monoisotopic (exact) mass is 510 g/mol. The number of halogens is 2. The highest BCUT2D eigenvalue weighted by molar-refractivity contribution is 5.87. The second-order valence-electron chi connectivity index (χ2n) is 9.78. The Morgan fingerprint density at radius 1 is 0.973 bits per heavy atom. The van der Waals surface area contributed by atoms with E-state index in [9.17, 15) is 13.6 Å². The minimum absolute atomic E-state index is 0.139. The zero-order valence-corrected chi connectivity index (χ0v) is 20.5. The Hall–Kier alpha value is -3.34. The zero-order chi connectivity index (χ0) is 25.4. The number of amides is 1. The predicted octanol–water partition coefficient (Wildman–Crippen LogP) is 3.75. The summed E-state index contributed by atoms with van der Waals surface area (Å²) in [4.78, 5) is 29.9. The van der Waals surface area contributed by atoms with Crippen molar-refractivity contribution >= 4 is 28.7 Å². The Balaban J connectivity index is 1.31. The number of hydrogen-bond donors (Lipinski definition) is 1. The van der Waals surface area contributed by atoms with Crippen molar-refractivity contribution in [2.24, 2.45) is 0 Å². The zero-order valence-electron chi connectivity index (χ0n) is 20.5. The van der Waals surface area contributed by atoms with Gasteiger partial charge >= 0.3 is 0 Å². The maximum Gasteiger partial charge on any atom is 0.296 e. The molecule has 0 unspecified atom stereocenters. The van der Waals surface area contributed by atoms with Gasteiger partial charge in [-0.15, -0.1) is 0 Å². The van der Waals surface area contributed by atoms with Gasteiger partial charge in [-0.3, -0.25) is 9.36 Å². The summed E-state index contributed by atoms with van der Waals surface area (Å²) in [5.74, 6) is 1.23. The highest BCUT2D eigenvalue weighted by atomic mass is 19.3. The molecule has 9 nitrogen and oxygen atoms in total. The van der Waals surface area contributed by atoms with E-state index in [0.717, 1.165) is 38.6 Å². The number of carbonyl (C=O) groups is 1. The summed E-state index contributed by atoms with van der Waals surface area (Å²) in [6.07, 6.45) is 3.42. The van der Waals surface area contributed by atoms with E-state index in [1.165, 1.54) is 4.57 Å². The van der Waals surface area contributed by atoms with Gasteiger partial charge in [0.15, 0.2) is 5.82 Å². The third kappa shape index (κ3) is 4.84. The number of ether oxygens (including phenoxy) is 1. The Morgan fingerprint density at radius 2 is 1.73 bits per heavy atom. The van der Waals surface area contributed by atoms with Gasteiger partial charge in [0.1, 0.15) is 11.6 Å². The molecular formula is C26H30F2N7O2. The summed E-state index contributed by atoms with van der Waals surface area (Å²) in [5, 5.41) is 3.47. The van der Waals surface area contributed by atoms with Gasteiger partial charge in [0, 0.05) is 37.8 Å². The van der Waals surface area contributed by atoms with E-state index in [-0.39, 0.29) is 23.8 Å². The number of likely N-dealkylation sites (tertiary alicyclic amines) is 1. The third-order valence-electron chi connectivity index (χ3n) is 7.49. The molecule has 1 N–H and O–H groups in total. The molecule has 1 aromatic carbocycles. The second kappa shape index (κ2) is 10.2. The average Bonchev–Trinajstić information content (AvgIpc) is 3.53. The lowest BCUT2D eigenvalue weighted by atomic mass is 9.90. The molecule has 37 heavy (non-hydrogen) atoms. The second-order valence-corrected chi connectivity index (χ2v) is 9.78. The molecule has 0 atom stereocenters. The number of rotatable bonds is 6. The number of imidazole rings is 1. The largest absolute Gasteiger partial charge is 0.378 e. The fourth-order valence-electron chi connectivity index (χ4n) is 5.62. The van der Waals surface area contributed by atoms with E-state index in [0.29, 0.717) is 54.9 Å². The van der Waals surface area contributed by atoms with Crippen molar-refractivity contribution in [2.75, 3.05) is 43.1 Å². The first kappa shape index (κ1) is 24.0. The molecule has 3 fully saturated rings. The fourth-order valence-corrected chi connectivity index (χ4v) is 5.62. The number of aromatic nitrogens is 4. The van der Waals surface area contributed by atoms with Crippen LogP contribution in [0.4, 0.5) is 20.5 Å². The molecule has 1 radical (unpaired) electrons. The lowest BCUT2D eigenvalue weighted by Gasteiger charge is -2.35. The molecule has 2 aromatic heterocycles. The van der Waals surface area contributed by atoms with Crippen LogP contribution in [0.1, 0.15) is 44.4 Å². The smallest absolute Gasteiger partial charge is 0.296 e. The highest BCUT2D eigenvalue weighted by Gasteiger charge is 2.32. The van der Waals surface area contributed by atoms with E-state index in [1.54, 1.807) is 36.8 Å². The maximum atomic E-state index is 14.1. The Labute approximate surface area is 213 Å². The average molecular weight is 511 g/mol. The predicted molar refractivity (Wildman–Crippen MR) is 135 cm³/mol. The van der Waals surface area contributed by atoms with E-state index in [4.69, 9.17) is 14.7 Å². The van der Waals surface area contributed by atoms with Crippen LogP contribution in [0.15, 0.2) is 30.3 Å². The van der Waals surface area contributed by atoms with Crippen LogP contribution in [0.5, 0.6) is 0 Å². The van der Waals surface area contributed by atoms with Crippen LogP contribution >= 0.6 is 0 Å². The lowest BCUT2D eigenvalue weighted by molar-refractivity contribution is -0.127. The summed E-state index contributed by atoms with van der Waals surface area (Å²) >= 11 is 0. The molecule has 6 rings (SSSR count). The van der Waals surface area contributed by atoms with Gasteiger partial charge in [-0.05, 0) is 44.2 Å². The normalized spacial score (nSPS) is 22.8. The van der Waals surface area contributed by atoms with Crippen molar-refractivity contribution in [1.82, 2.24) is 24.4 Å². The highest BCUT2D eigenvalue weighted by Crippen LogP contribution is 2.31. The number of para-hydroxylation sites is 2. The van der Waals surface area contributed by atoms with Crippen molar-refractivity contribution < 1.29 is 18.3 Å². The van der Waals surface area contributed by atoms with Crippen LogP contribution in [0.25, 0.3) is 16.9 Å². The van der Waals surface area contributed by atoms with Crippen LogP contribution in [-0.4, -0.2) is 75.3 Å². The molecule has 1 saturated carbocycles. The van der Waals surface area contributed by atoms with Crippen LogP contribution in [-0.2, 0) is 9.53 Å². The van der Waals surface area contributed by atoms with Crippen LogP contribution in [0.3, 0.4) is 0 Å². The number of nitrogens with zero attached hydrogens (tertiary/aromatic N) is 6. The van der Waals surface area contributed by atoms with Crippen LogP contribution in [0.2, 0.25) is 0 Å². The summed E-state index contributed by atoms with van der Waals surface area (Å²) in [6.45, 7) is 3.29. The number of alkyl halides is 2. The quantitative estimate of drug-likeness (QED) is 0.540. The molecule has 3 aliphatic rings. The molecule has 1 amide bonds. The van der Waals surface area contributed by atoms with Crippen molar-refractivity contribution in [3.8, 4) is 5.82 Å². The van der Waals surface area contributed by atoms with E-state index < -0.39 is 6.43 Å². The molecule has 0 bridgehead atoms. The van der Waals surface area contributed by atoms with Crippen molar-refractivity contribution in [3.05, 3.63) is 42.6 Å². The minimum Gasteiger partial charge on any atom is -0.378 e. The number of hydrogen-bond acceptors (Lipinski definition) is 7. The van der Waals surface area contributed by atoms with Gasteiger partial charge in [0.25, 0.3) is 6.43 Å². The summed E-state index contributed by atoms with van der Waals surface area (Å²) in [6, 6.07) is 9.25. The van der Waals surface area contributed by atoms with Gasteiger partial charge in [-0.1, -0.05) is 12.1 Å². The Morgan fingerprint density at radius 3 is 2.46 bits per heavy atom. The first-order chi connectivity index (χ1) is 18.1.